The van der Waals surface area contributed by atoms with Crippen LogP contribution in [0, 0.1) is 17.8 Å². The monoisotopic (exact) mass is 179 g/mol. The van der Waals surface area contributed by atoms with Crippen LogP contribution in [0.3, 0.4) is 0 Å². The molecule has 0 amide bonds. The number of hydrogen-bond acceptors (Lipinski definition) is 1. The van der Waals surface area contributed by atoms with E-state index in [1.165, 1.54) is 25.8 Å². The fraction of sp³-hybridized carbons (Fsp3) is 0.833. The van der Waals surface area contributed by atoms with Gasteiger partial charge in [0.2, 0.25) is 0 Å². The standard InChI is InChI=1S/C12H21N/c1-3-9(2)13-8-12-7-10-4-5-11(12)6-10/h4-5,9-13H,3,6-8H2,1-2H3/t9-,10+,11+,12+/m1/s1. The molecule has 2 aliphatic rings. The summed E-state index contributed by atoms with van der Waals surface area (Å²) < 4.78 is 0. The van der Waals surface area contributed by atoms with Crippen LogP contribution in [-0.2, 0) is 0 Å². The van der Waals surface area contributed by atoms with Crippen LogP contribution < -0.4 is 5.32 Å². The van der Waals surface area contributed by atoms with E-state index in [1.54, 1.807) is 0 Å². The molecule has 0 unspecified atom stereocenters. The minimum Gasteiger partial charge on any atom is -0.314 e. The van der Waals surface area contributed by atoms with Gasteiger partial charge < -0.3 is 5.32 Å². The first-order valence-corrected chi connectivity index (χ1v) is 5.71. The number of allylic oxidation sites excluding steroid dienone is 2. The maximum absolute atomic E-state index is 3.63. The zero-order valence-corrected chi connectivity index (χ0v) is 8.79. The van der Waals surface area contributed by atoms with E-state index in [-0.39, 0.29) is 0 Å². The second-order valence-corrected chi connectivity index (χ2v) is 4.76. The highest BCUT2D eigenvalue weighted by Gasteiger charge is 2.35. The summed E-state index contributed by atoms with van der Waals surface area (Å²) in [7, 11) is 0. The van der Waals surface area contributed by atoms with Gasteiger partial charge in [0, 0.05) is 6.04 Å². The van der Waals surface area contributed by atoms with E-state index in [0.717, 1.165) is 17.8 Å². The summed E-state index contributed by atoms with van der Waals surface area (Å²) in [6.07, 6.45) is 8.98. The van der Waals surface area contributed by atoms with Crippen LogP contribution in [0.4, 0.5) is 0 Å². The van der Waals surface area contributed by atoms with Gasteiger partial charge in [0.1, 0.15) is 0 Å². The largest absolute Gasteiger partial charge is 0.314 e. The molecule has 1 fully saturated rings. The number of fused-ring (bicyclic) bond motifs is 2. The summed E-state index contributed by atoms with van der Waals surface area (Å²) in [5.74, 6) is 2.76. The predicted molar refractivity (Wildman–Crippen MR) is 56.6 cm³/mol. The van der Waals surface area contributed by atoms with Gasteiger partial charge in [0.25, 0.3) is 0 Å². The molecule has 74 valence electrons. The van der Waals surface area contributed by atoms with Crippen LogP contribution in [-0.4, -0.2) is 12.6 Å². The summed E-state index contributed by atoms with van der Waals surface area (Å²) in [6.45, 7) is 5.77. The zero-order chi connectivity index (χ0) is 9.26. The van der Waals surface area contributed by atoms with E-state index in [1.807, 2.05) is 0 Å². The molecule has 4 atom stereocenters. The second kappa shape index (κ2) is 3.83. The molecule has 0 spiro atoms. The Labute approximate surface area is 81.6 Å². The van der Waals surface area contributed by atoms with Gasteiger partial charge in [-0.15, -0.1) is 0 Å². The Balaban J connectivity index is 1.75. The van der Waals surface area contributed by atoms with Crippen molar-refractivity contribution in [3.8, 4) is 0 Å². The highest BCUT2D eigenvalue weighted by atomic mass is 14.9. The lowest BCUT2D eigenvalue weighted by Gasteiger charge is -2.21. The molecular formula is C12H21N. The molecule has 2 aliphatic carbocycles. The Kier molecular flexibility index (Phi) is 2.73. The topological polar surface area (TPSA) is 12.0 Å². The van der Waals surface area contributed by atoms with Crippen molar-refractivity contribution >= 4 is 0 Å². The van der Waals surface area contributed by atoms with Crippen LogP contribution in [0.2, 0.25) is 0 Å². The molecule has 0 aliphatic heterocycles. The SMILES string of the molecule is CC[C@@H](C)NC[C@@H]1C[C@H]2C=C[C@H]1C2. The summed E-state index contributed by atoms with van der Waals surface area (Å²) in [5.41, 5.74) is 0. The van der Waals surface area contributed by atoms with Crippen molar-refractivity contribution in [1.29, 1.82) is 0 Å². The molecule has 0 radical (unpaired) electrons. The lowest BCUT2D eigenvalue weighted by Crippen LogP contribution is -2.32. The van der Waals surface area contributed by atoms with Gasteiger partial charge in [0.15, 0.2) is 0 Å². The third kappa shape index (κ3) is 1.96. The minimum atomic E-state index is 0.697. The molecule has 1 heteroatoms. The average molecular weight is 179 g/mol. The van der Waals surface area contributed by atoms with Crippen molar-refractivity contribution in [3.05, 3.63) is 12.2 Å². The summed E-state index contributed by atoms with van der Waals surface area (Å²) in [5, 5.41) is 3.63. The average Bonchev–Trinajstić information content (AvgIpc) is 2.74. The first kappa shape index (κ1) is 9.26. The van der Waals surface area contributed by atoms with Gasteiger partial charge >= 0.3 is 0 Å². The molecule has 0 aromatic heterocycles. The number of nitrogens with one attached hydrogen (secondary N) is 1. The van der Waals surface area contributed by atoms with E-state index >= 15 is 0 Å². The maximum Gasteiger partial charge on any atom is 0.00362 e. The van der Waals surface area contributed by atoms with E-state index in [0.29, 0.717) is 6.04 Å². The maximum atomic E-state index is 3.63. The Hall–Kier alpha value is -0.300. The van der Waals surface area contributed by atoms with Gasteiger partial charge in [-0.2, -0.15) is 0 Å². The Morgan fingerprint density at radius 1 is 1.38 bits per heavy atom. The van der Waals surface area contributed by atoms with Gasteiger partial charge in [-0.3, -0.25) is 0 Å². The Morgan fingerprint density at radius 2 is 2.23 bits per heavy atom. The summed E-state index contributed by atoms with van der Waals surface area (Å²) in [4.78, 5) is 0. The molecule has 0 heterocycles. The molecule has 1 saturated carbocycles. The van der Waals surface area contributed by atoms with Crippen LogP contribution in [0.5, 0.6) is 0 Å². The molecule has 2 rings (SSSR count). The van der Waals surface area contributed by atoms with E-state index in [4.69, 9.17) is 0 Å². The lowest BCUT2D eigenvalue weighted by molar-refractivity contribution is 0.386. The van der Waals surface area contributed by atoms with Crippen LogP contribution >= 0.6 is 0 Å². The van der Waals surface area contributed by atoms with Crippen molar-refractivity contribution in [2.45, 2.75) is 39.2 Å². The molecule has 0 aromatic carbocycles. The van der Waals surface area contributed by atoms with Crippen LogP contribution in [0.1, 0.15) is 33.1 Å². The molecule has 2 bridgehead atoms. The highest BCUT2D eigenvalue weighted by molar-refractivity contribution is 5.10. The third-order valence-corrected chi connectivity index (χ3v) is 3.76. The highest BCUT2D eigenvalue weighted by Crippen LogP contribution is 2.42. The molecule has 1 nitrogen and oxygen atoms in total. The fourth-order valence-electron chi connectivity index (χ4n) is 2.63. The van der Waals surface area contributed by atoms with Crippen molar-refractivity contribution < 1.29 is 0 Å². The third-order valence-electron chi connectivity index (χ3n) is 3.76. The fourth-order valence-corrected chi connectivity index (χ4v) is 2.63. The Bertz CT molecular complexity index is 197. The van der Waals surface area contributed by atoms with E-state index in [9.17, 15) is 0 Å². The van der Waals surface area contributed by atoms with Gasteiger partial charge in [0.05, 0.1) is 0 Å². The second-order valence-electron chi connectivity index (χ2n) is 4.76. The molecular weight excluding hydrogens is 158 g/mol. The van der Waals surface area contributed by atoms with Gasteiger partial charge in [-0.25, -0.2) is 0 Å². The summed E-state index contributed by atoms with van der Waals surface area (Å²) in [6, 6.07) is 0.697. The van der Waals surface area contributed by atoms with Crippen LogP contribution in [0.25, 0.3) is 0 Å². The smallest absolute Gasteiger partial charge is 0.00362 e. The molecule has 0 aromatic rings. The number of hydrogen-bond donors (Lipinski definition) is 1. The zero-order valence-electron chi connectivity index (χ0n) is 8.79. The first-order chi connectivity index (χ1) is 6.29. The molecule has 0 saturated heterocycles. The van der Waals surface area contributed by atoms with Crippen molar-refractivity contribution in [2.75, 3.05) is 6.54 Å². The van der Waals surface area contributed by atoms with Crippen LogP contribution in [0.15, 0.2) is 12.2 Å². The van der Waals surface area contributed by atoms with Gasteiger partial charge in [-0.05, 0) is 50.5 Å². The van der Waals surface area contributed by atoms with E-state index in [2.05, 4.69) is 31.3 Å². The van der Waals surface area contributed by atoms with E-state index < -0.39 is 0 Å². The first-order valence-electron chi connectivity index (χ1n) is 5.71. The molecule has 1 N–H and O–H groups in total. The normalized spacial score (nSPS) is 38.5. The lowest BCUT2D eigenvalue weighted by atomic mass is 9.93. The van der Waals surface area contributed by atoms with Crippen molar-refractivity contribution in [2.24, 2.45) is 17.8 Å². The Morgan fingerprint density at radius 3 is 2.77 bits per heavy atom. The summed E-state index contributed by atoms with van der Waals surface area (Å²) >= 11 is 0. The van der Waals surface area contributed by atoms with Crippen molar-refractivity contribution in [3.63, 3.8) is 0 Å². The quantitative estimate of drug-likeness (QED) is 0.654. The van der Waals surface area contributed by atoms with Gasteiger partial charge in [-0.1, -0.05) is 19.1 Å². The number of rotatable bonds is 4. The predicted octanol–water partition coefficient (Wildman–Crippen LogP) is 2.59. The minimum absolute atomic E-state index is 0.697. The van der Waals surface area contributed by atoms with Crippen molar-refractivity contribution in [1.82, 2.24) is 5.32 Å². The molecule has 13 heavy (non-hydrogen) atoms.